The minimum Gasteiger partial charge on any atom is -0.0958 e. The standard InChI is InChI=1S/C15H20/c1-12(2)13-8-10-15(11-9-13)14-6-4-3-5-7-14/h3-4,8,10,14H,1,5-7,9,11H2,2H3. The van der Waals surface area contributed by atoms with Crippen molar-refractivity contribution in [3.05, 3.63) is 47.6 Å². The molecule has 0 aromatic heterocycles. The third-order valence-corrected chi connectivity index (χ3v) is 3.52. The second kappa shape index (κ2) is 4.65. The van der Waals surface area contributed by atoms with Gasteiger partial charge in [-0.2, -0.15) is 0 Å². The highest BCUT2D eigenvalue weighted by Gasteiger charge is 2.17. The van der Waals surface area contributed by atoms with E-state index in [-0.39, 0.29) is 0 Å². The van der Waals surface area contributed by atoms with Crippen LogP contribution in [0.2, 0.25) is 0 Å². The van der Waals surface area contributed by atoms with Crippen molar-refractivity contribution in [3.63, 3.8) is 0 Å². The van der Waals surface area contributed by atoms with Gasteiger partial charge < -0.3 is 0 Å². The molecule has 0 heteroatoms. The molecule has 2 aliphatic carbocycles. The van der Waals surface area contributed by atoms with Crippen LogP contribution in [0.15, 0.2) is 47.6 Å². The average molecular weight is 200 g/mol. The zero-order valence-corrected chi connectivity index (χ0v) is 9.63. The predicted octanol–water partition coefficient (Wildman–Crippen LogP) is 4.57. The summed E-state index contributed by atoms with van der Waals surface area (Å²) < 4.78 is 0. The van der Waals surface area contributed by atoms with Gasteiger partial charge in [0.05, 0.1) is 0 Å². The first kappa shape index (κ1) is 10.5. The highest BCUT2D eigenvalue weighted by Crippen LogP contribution is 2.33. The highest BCUT2D eigenvalue weighted by molar-refractivity contribution is 5.36. The molecule has 80 valence electrons. The average Bonchev–Trinajstić information content (AvgIpc) is 2.30. The van der Waals surface area contributed by atoms with Gasteiger partial charge in [-0.1, -0.05) is 42.0 Å². The molecule has 0 bridgehead atoms. The van der Waals surface area contributed by atoms with Gasteiger partial charge in [0.15, 0.2) is 0 Å². The lowest BCUT2D eigenvalue weighted by Gasteiger charge is -2.24. The molecule has 2 aliphatic rings. The Balaban J connectivity index is 2.06. The van der Waals surface area contributed by atoms with Crippen molar-refractivity contribution >= 4 is 0 Å². The van der Waals surface area contributed by atoms with Gasteiger partial charge in [-0.3, -0.25) is 0 Å². The maximum absolute atomic E-state index is 4.01. The Kier molecular flexibility index (Phi) is 3.25. The fourth-order valence-electron chi connectivity index (χ4n) is 2.48. The molecule has 0 N–H and O–H groups in total. The summed E-state index contributed by atoms with van der Waals surface area (Å²) in [6.45, 7) is 6.11. The van der Waals surface area contributed by atoms with E-state index >= 15 is 0 Å². The fraction of sp³-hybridized carbons (Fsp3) is 0.467. The summed E-state index contributed by atoms with van der Waals surface area (Å²) >= 11 is 0. The van der Waals surface area contributed by atoms with Crippen LogP contribution < -0.4 is 0 Å². The van der Waals surface area contributed by atoms with Gasteiger partial charge in [0.25, 0.3) is 0 Å². The Morgan fingerprint density at radius 2 is 2.13 bits per heavy atom. The van der Waals surface area contributed by atoms with Crippen LogP contribution in [-0.4, -0.2) is 0 Å². The first-order chi connectivity index (χ1) is 7.27. The SMILES string of the molecule is C=C(C)C1=CC=C(C2CC=CCC2)CC1. The van der Waals surface area contributed by atoms with Gasteiger partial charge in [0.1, 0.15) is 0 Å². The second-order valence-corrected chi connectivity index (χ2v) is 4.70. The molecule has 0 aromatic rings. The minimum absolute atomic E-state index is 0.818. The molecular weight excluding hydrogens is 180 g/mol. The number of allylic oxidation sites excluding steroid dienone is 7. The van der Waals surface area contributed by atoms with Crippen molar-refractivity contribution in [2.75, 3.05) is 0 Å². The zero-order valence-electron chi connectivity index (χ0n) is 9.63. The number of rotatable bonds is 2. The molecule has 0 nitrogen and oxygen atoms in total. The zero-order chi connectivity index (χ0) is 10.7. The Morgan fingerprint density at radius 3 is 2.67 bits per heavy atom. The molecular formula is C15H20. The van der Waals surface area contributed by atoms with Gasteiger partial charge in [-0.15, -0.1) is 0 Å². The van der Waals surface area contributed by atoms with Gasteiger partial charge in [0, 0.05) is 0 Å². The van der Waals surface area contributed by atoms with E-state index < -0.39 is 0 Å². The summed E-state index contributed by atoms with van der Waals surface area (Å²) in [4.78, 5) is 0. The smallest absolute Gasteiger partial charge is 0.0162 e. The van der Waals surface area contributed by atoms with Crippen LogP contribution in [0.3, 0.4) is 0 Å². The Morgan fingerprint density at radius 1 is 1.27 bits per heavy atom. The van der Waals surface area contributed by atoms with Crippen molar-refractivity contribution in [1.29, 1.82) is 0 Å². The van der Waals surface area contributed by atoms with E-state index in [0.717, 1.165) is 5.92 Å². The summed E-state index contributed by atoms with van der Waals surface area (Å²) in [5.41, 5.74) is 4.32. The summed E-state index contributed by atoms with van der Waals surface area (Å²) in [6, 6.07) is 0. The molecule has 0 spiro atoms. The van der Waals surface area contributed by atoms with Crippen molar-refractivity contribution in [2.45, 2.75) is 39.0 Å². The normalized spacial score (nSPS) is 25.8. The summed E-state index contributed by atoms with van der Waals surface area (Å²) in [5.74, 6) is 0.818. The third kappa shape index (κ3) is 2.50. The molecule has 1 atom stereocenters. The lowest BCUT2D eigenvalue weighted by atomic mass is 9.81. The molecule has 0 heterocycles. The largest absolute Gasteiger partial charge is 0.0958 e. The van der Waals surface area contributed by atoms with Crippen molar-refractivity contribution < 1.29 is 0 Å². The third-order valence-electron chi connectivity index (χ3n) is 3.52. The molecule has 0 radical (unpaired) electrons. The molecule has 0 fully saturated rings. The van der Waals surface area contributed by atoms with Crippen molar-refractivity contribution in [1.82, 2.24) is 0 Å². The Labute approximate surface area is 93.1 Å². The van der Waals surface area contributed by atoms with Crippen LogP contribution in [0.5, 0.6) is 0 Å². The van der Waals surface area contributed by atoms with Crippen LogP contribution in [0, 0.1) is 5.92 Å². The van der Waals surface area contributed by atoms with Crippen molar-refractivity contribution in [2.24, 2.45) is 5.92 Å². The molecule has 0 aromatic carbocycles. The molecule has 0 saturated carbocycles. The number of hydrogen-bond donors (Lipinski definition) is 0. The van der Waals surface area contributed by atoms with Crippen LogP contribution in [0.4, 0.5) is 0 Å². The molecule has 2 rings (SSSR count). The topological polar surface area (TPSA) is 0 Å². The Hall–Kier alpha value is -1.04. The maximum atomic E-state index is 4.01. The lowest BCUT2D eigenvalue weighted by Crippen LogP contribution is -2.08. The first-order valence-corrected chi connectivity index (χ1v) is 5.98. The highest BCUT2D eigenvalue weighted by atomic mass is 14.2. The van der Waals surface area contributed by atoms with E-state index in [1.807, 2.05) is 0 Å². The van der Waals surface area contributed by atoms with Gasteiger partial charge in [-0.05, 0) is 50.5 Å². The molecule has 0 saturated heterocycles. The monoisotopic (exact) mass is 200 g/mol. The predicted molar refractivity (Wildman–Crippen MR) is 66.7 cm³/mol. The maximum Gasteiger partial charge on any atom is -0.0162 e. The number of hydrogen-bond acceptors (Lipinski definition) is 0. The van der Waals surface area contributed by atoms with E-state index in [1.165, 1.54) is 43.3 Å². The van der Waals surface area contributed by atoms with E-state index in [9.17, 15) is 0 Å². The molecule has 0 amide bonds. The van der Waals surface area contributed by atoms with E-state index in [4.69, 9.17) is 0 Å². The summed E-state index contributed by atoms with van der Waals surface area (Å²) in [6.07, 6.45) is 15.6. The van der Waals surface area contributed by atoms with E-state index in [0.29, 0.717) is 0 Å². The fourth-order valence-corrected chi connectivity index (χ4v) is 2.48. The van der Waals surface area contributed by atoms with Crippen LogP contribution in [-0.2, 0) is 0 Å². The van der Waals surface area contributed by atoms with Crippen molar-refractivity contribution in [3.8, 4) is 0 Å². The van der Waals surface area contributed by atoms with Gasteiger partial charge in [-0.25, -0.2) is 0 Å². The van der Waals surface area contributed by atoms with Crippen LogP contribution >= 0.6 is 0 Å². The summed E-state index contributed by atoms with van der Waals surface area (Å²) in [5, 5.41) is 0. The van der Waals surface area contributed by atoms with E-state index in [2.05, 4.69) is 37.8 Å². The molecule has 1 unspecified atom stereocenters. The van der Waals surface area contributed by atoms with Gasteiger partial charge in [0.2, 0.25) is 0 Å². The quantitative estimate of drug-likeness (QED) is 0.573. The van der Waals surface area contributed by atoms with Crippen LogP contribution in [0.25, 0.3) is 0 Å². The van der Waals surface area contributed by atoms with Gasteiger partial charge >= 0.3 is 0 Å². The lowest BCUT2D eigenvalue weighted by molar-refractivity contribution is 0.531. The Bertz CT molecular complexity index is 339. The van der Waals surface area contributed by atoms with E-state index in [1.54, 1.807) is 5.57 Å². The minimum atomic E-state index is 0.818. The second-order valence-electron chi connectivity index (χ2n) is 4.70. The first-order valence-electron chi connectivity index (χ1n) is 5.98. The molecule has 0 aliphatic heterocycles. The summed E-state index contributed by atoms with van der Waals surface area (Å²) in [7, 11) is 0. The van der Waals surface area contributed by atoms with Crippen LogP contribution in [0.1, 0.15) is 39.0 Å². The molecule has 15 heavy (non-hydrogen) atoms.